The van der Waals surface area contributed by atoms with Crippen LogP contribution in [0, 0.1) is 0 Å². The van der Waals surface area contributed by atoms with E-state index in [0.29, 0.717) is 24.6 Å². The van der Waals surface area contributed by atoms with Gasteiger partial charge in [0.25, 0.3) is 0 Å². The smallest absolute Gasteiger partial charge is 0.234 e. The first-order valence-corrected chi connectivity index (χ1v) is 10.2. The van der Waals surface area contributed by atoms with Crippen LogP contribution >= 0.6 is 11.8 Å². The average molecular weight is 395 g/mol. The summed E-state index contributed by atoms with van der Waals surface area (Å²) in [7, 11) is 0. The number of rotatable bonds is 7. The van der Waals surface area contributed by atoms with E-state index in [1.165, 1.54) is 5.56 Å². The second-order valence-electron chi connectivity index (χ2n) is 6.48. The van der Waals surface area contributed by atoms with Crippen molar-refractivity contribution in [2.75, 3.05) is 17.7 Å². The lowest BCUT2D eigenvalue weighted by molar-refractivity contribution is -0.113. The van der Waals surface area contributed by atoms with Crippen LogP contribution in [0.5, 0.6) is 11.5 Å². The van der Waals surface area contributed by atoms with E-state index in [1.54, 1.807) is 22.6 Å². The Bertz CT molecular complexity index is 929. The molecule has 1 aliphatic heterocycles. The number of para-hydroxylation sites is 2. The third-order valence-electron chi connectivity index (χ3n) is 4.22. The zero-order valence-electron chi connectivity index (χ0n) is 15.3. The molecule has 4 rings (SSSR count). The molecule has 0 saturated carbocycles. The van der Waals surface area contributed by atoms with Crippen molar-refractivity contribution in [2.24, 2.45) is 0 Å². The third-order valence-corrected chi connectivity index (χ3v) is 5.22. The van der Waals surface area contributed by atoms with Crippen LogP contribution in [0.4, 0.5) is 5.69 Å². The van der Waals surface area contributed by atoms with Gasteiger partial charge in [-0.15, -0.1) is 11.8 Å². The van der Waals surface area contributed by atoms with Crippen molar-refractivity contribution < 1.29 is 14.3 Å². The lowest BCUT2D eigenvalue weighted by Gasteiger charge is -2.26. The monoisotopic (exact) mass is 395 g/mol. The Morgan fingerprint density at radius 2 is 1.93 bits per heavy atom. The predicted molar refractivity (Wildman–Crippen MR) is 110 cm³/mol. The maximum absolute atomic E-state index is 12.1. The number of nitrogens with one attached hydrogen (secondary N) is 1. The van der Waals surface area contributed by atoms with Crippen LogP contribution in [-0.2, 0) is 17.1 Å². The summed E-state index contributed by atoms with van der Waals surface area (Å²) in [6.45, 7) is 1.02. The highest BCUT2D eigenvalue weighted by molar-refractivity contribution is 7.99. The second kappa shape index (κ2) is 8.84. The predicted octanol–water partition coefficient (Wildman–Crippen LogP) is 3.60. The lowest BCUT2D eigenvalue weighted by Crippen LogP contribution is -2.33. The molecule has 1 unspecified atom stereocenters. The molecule has 0 aliphatic carbocycles. The molecule has 1 N–H and O–H groups in total. The number of nitrogens with zero attached hydrogens (tertiary/aromatic N) is 2. The molecule has 0 fully saturated rings. The summed E-state index contributed by atoms with van der Waals surface area (Å²) in [6, 6.07) is 17.7. The molecule has 3 aromatic rings. The van der Waals surface area contributed by atoms with E-state index in [0.717, 1.165) is 17.3 Å². The molecule has 0 bridgehead atoms. The molecule has 0 radical (unpaired) electrons. The highest BCUT2D eigenvalue weighted by Crippen LogP contribution is 2.31. The van der Waals surface area contributed by atoms with Gasteiger partial charge in [-0.25, -0.2) is 0 Å². The van der Waals surface area contributed by atoms with E-state index in [4.69, 9.17) is 9.47 Å². The molecule has 2 heterocycles. The van der Waals surface area contributed by atoms with Crippen molar-refractivity contribution in [3.8, 4) is 11.5 Å². The summed E-state index contributed by atoms with van der Waals surface area (Å²) in [5.74, 6) is 2.69. The number of carbonyl (C=O) groups is 1. The van der Waals surface area contributed by atoms with E-state index in [1.807, 2.05) is 48.7 Å². The van der Waals surface area contributed by atoms with Crippen LogP contribution in [0.25, 0.3) is 0 Å². The van der Waals surface area contributed by atoms with Gasteiger partial charge in [0.05, 0.1) is 24.2 Å². The van der Waals surface area contributed by atoms with Crippen LogP contribution in [0.3, 0.4) is 0 Å². The van der Waals surface area contributed by atoms with Gasteiger partial charge < -0.3 is 14.8 Å². The fourth-order valence-electron chi connectivity index (χ4n) is 2.92. The van der Waals surface area contributed by atoms with Gasteiger partial charge >= 0.3 is 0 Å². The Balaban J connectivity index is 1.23. The van der Waals surface area contributed by atoms with Gasteiger partial charge in [-0.2, -0.15) is 5.10 Å². The molecular formula is C21H21N3O3S. The highest BCUT2D eigenvalue weighted by atomic mass is 32.2. The number of anilines is 1. The first kappa shape index (κ1) is 18.4. The van der Waals surface area contributed by atoms with E-state index in [-0.39, 0.29) is 12.0 Å². The Labute approximate surface area is 167 Å². The van der Waals surface area contributed by atoms with Crippen LogP contribution in [0.2, 0.25) is 0 Å². The molecule has 6 nitrogen and oxygen atoms in total. The SMILES string of the molecule is O=C(CSCc1ccccc1)Nc1cnn(CC2COc3ccccc3O2)c1. The summed E-state index contributed by atoms with van der Waals surface area (Å²) in [5.41, 5.74) is 1.90. The number of carbonyl (C=O) groups excluding carboxylic acids is 1. The molecule has 7 heteroatoms. The number of hydrogen-bond acceptors (Lipinski definition) is 5. The van der Waals surface area contributed by atoms with Gasteiger partial charge in [-0.05, 0) is 17.7 Å². The Morgan fingerprint density at radius 1 is 1.14 bits per heavy atom. The molecule has 2 aromatic carbocycles. The Kier molecular flexibility index (Phi) is 5.82. The Hall–Kier alpha value is -2.93. The highest BCUT2D eigenvalue weighted by Gasteiger charge is 2.21. The lowest BCUT2D eigenvalue weighted by atomic mass is 10.2. The number of amides is 1. The van der Waals surface area contributed by atoms with Gasteiger partial charge in [0, 0.05) is 11.9 Å². The van der Waals surface area contributed by atoms with E-state index >= 15 is 0 Å². The van der Waals surface area contributed by atoms with E-state index in [9.17, 15) is 4.79 Å². The van der Waals surface area contributed by atoms with Crippen molar-refractivity contribution in [3.63, 3.8) is 0 Å². The van der Waals surface area contributed by atoms with Gasteiger partial charge in [0.2, 0.25) is 5.91 Å². The van der Waals surface area contributed by atoms with Gasteiger partial charge in [0.15, 0.2) is 17.6 Å². The molecule has 1 aliphatic rings. The number of ether oxygens (including phenoxy) is 2. The maximum Gasteiger partial charge on any atom is 0.234 e. The van der Waals surface area contributed by atoms with E-state index in [2.05, 4.69) is 22.5 Å². The number of benzene rings is 2. The minimum absolute atomic E-state index is 0.0355. The standard InChI is InChI=1S/C21H21N3O3S/c25-21(15-28-14-16-6-2-1-3-7-16)23-17-10-22-24(11-17)12-18-13-26-19-8-4-5-9-20(19)27-18/h1-11,18H,12-15H2,(H,23,25). The summed E-state index contributed by atoms with van der Waals surface area (Å²) in [6.07, 6.45) is 3.33. The van der Waals surface area contributed by atoms with E-state index < -0.39 is 0 Å². The summed E-state index contributed by atoms with van der Waals surface area (Å²) < 4.78 is 13.4. The number of thioether (sulfide) groups is 1. The summed E-state index contributed by atoms with van der Waals surface area (Å²) in [4.78, 5) is 12.1. The van der Waals surface area contributed by atoms with Crippen LogP contribution < -0.4 is 14.8 Å². The normalized spacial score (nSPS) is 15.2. The molecule has 1 amide bonds. The first-order valence-electron chi connectivity index (χ1n) is 9.09. The summed E-state index contributed by atoms with van der Waals surface area (Å²) >= 11 is 1.59. The molecular weight excluding hydrogens is 374 g/mol. The minimum atomic E-state index is -0.125. The molecule has 1 aromatic heterocycles. The molecule has 1 atom stereocenters. The van der Waals surface area contributed by atoms with Gasteiger partial charge in [-0.1, -0.05) is 42.5 Å². The maximum atomic E-state index is 12.1. The average Bonchev–Trinajstić information content (AvgIpc) is 3.15. The van der Waals surface area contributed by atoms with Gasteiger partial charge in [0.1, 0.15) is 6.61 Å². The largest absolute Gasteiger partial charge is 0.486 e. The van der Waals surface area contributed by atoms with Crippen molar-refractivity contribution in [1.29, 1.82) is 0 Å². The number of fused-ring (bicyclic) bond motifs is 1. The fourth-order valence-corrected chi connectivity index (χ4v) is 3.71. The number of hydrogen-bond donors (Lipinski definition) is 1. The summed E-state index contributed by atoms with van der Waals surface area (Å²) in [5, 5.41) is 7.19. The molecule has 0 spiro atoms. The first-order chi connectivity index (χ1) is 13.8. The van der Waals surface area contributed by atoms with Crippen molar-refractivity contribution in [1.82, 2.24) is 9.78 Å². The minimum Gasteiger partial charge on any atom is -0.486 e. The zero-order valence-corrected chi connectivity index (χ0v) is 16.1. The second-order valence-corrected chi connectivity index (χ2v) is 7.46. The molecule has 0 saturated heterocycles. The zero-order chi connectivity index (χ0) is 19.2. The van der Waals surface area contributed by atoms with Crippen molar-refractivity contribution in [2.45, 2.75) is 18.4 Å². The van der Waals surface area contributed by atoms with Crippen molar-refractivity contribution >= 4 is 23.4 Å². The van der Waals surface area contributed by atoms with Crippen LogP contribution in [0.1, 0.15) is 5.56 Å². The topological polar surface area (TPSA) is 65.4 Å². The van der Waals surface area contributed by atoms with Crippen LogP contribution in [-0.4, -0.2) is 34.2 Å². The fraction of sp³-hybridized carbons (Fsp3) is 0.238. The number of aromatic nitrogens is 2. The third kappa shape index (κ3) is 4.86. The van der Waals surface area contributed by atoms with Gasteiger partial charge in [-0.3, -0.25) is 9.48 Å². The quantitative estimate of drug-likeness (QED) is 0.662. The van der Waals surface area contributed by atoms with Crippen molar-refractivity contribution in [3.05, 3.63) is 72.6 Å². The molecule has 144 valence electrons. The Morgan fingerprint density at radius 3 is 2.79 bits per heavy atom. The van der Waals surface area contributed by atoms with Crippen LogP contribution in [0.15, 0.2) is 67.0 Å². The molecule has 28 heavy (non-hydrogen) atoms.